The average Bonchev–Trinajstić information content (AvgIpc) is 2.59. The Morgan fingerprint density at radius 1 is 1.20 bits per heavy atom. The standard InChI is InChI=1S/C18H28N2O4S/c1-18(2,3)13-19-17(21)14-9-11-20(12-10-14)25(22,23)16-7-5-15(24-4)6-8-16/h5-8,14H,9-13H2,1-4H3,(H,19,21). The van der Waals surface area contributed by atoms with Gasteiger partial charge in [0.05, 0.1) is 12.0 Å². The molecule has 1 N–H and O–H groups in total. The quantitative estimate of drug-likeness (QED) is 0.865. The molecule has 0 radical (unpaired) electrons. The fourth-order valence-corrected chi connectivity index (χ4v) is 4.22. The van der Waals surface area contributed by atoms with Crippen LogP contribution in [-0.4, -0.2) is 45.4 Å². The monoisotopic (exact) mass is 368 g/mol. The third-order valence-corrected chi connectivity index (χ3v) is 6.23. The van der Waals surface area contributed by atoms with Gasteiger partial charge in [0.15, 0.2) is 0 Å². The van der Waals surface area contributed by atoms with E-state index in [4.69, 9.17) is 4.74 Å². The number of ether oxygens (including phenoxy) is 1. The molecule has 0 bridgehead atoms. The first-order valence-corrected chi connectivity index (χ1v) is 9.99. The molecular weight excluding hydrogens is 340 g/mol. The van der Waals surface area contributed by atoms with Crippen LogP contribution in [0.5, 0.6) is 5.75 Å². The Balaban J connectivity index is 1.95. The second-order valence-corrected chi connectivity index (χ2v) is 9.57. The molecule has 0 unspecified atom stereocenters. The van der Waals surface area contributed by atoms with Crippen molar-refractivity contribution in [2.45, 2.75) is 38.5 Å². The van der Waals surface area contributed by atoms with Gasteiger partial charge in [-0.3, -0.25) is 4.79 Å². The van der Waals surface area contributed by atoms with Crippen molar-refractivity contribution in [2.75, 3.05) is 26.7 Å². The van der Waals surface area contributed by atoms with Crippen molar-refractivity contribution in [2.24, 2.45) is 11.3 Å². The second kappa shape index (κ2) is 7.74. The lowest BCUT2D eigenvalue weighted by Gasteiger charge is -2.31. The van der Waals surface area contributed by atoms with Crippen molar-refractivity contribution in [1.29, 1.82) is 0 Å². The maximum Gasteiger partial charge on any atom is 0.243 e. The van der Waals surface area contributed by atoms with E-state index in [0.29, 0.717) is 38.2 Å². The number of benzene rings is 1. The molecule has 6 nitrogen and oxygen atoms in total. The van der Waals surface area contributed by atoms with Crippen LogP contribution in [0, 0.1) is 11.3 Å². The van der Waals surface area contributed by atoms with Crippen molar-refractivity contribution in [3.8, 4) is 5.75 Å². The van der Waals surface area contributed by atoms with Crippen LogP contribution in [0.15, 0.2) is 29.2 Å². The van der Waals surface area contributed by atoms with Gasteiger partial charge in [0.1, 0.15) is 5.75 Å². The van der Waals surface area contributed by atoms with E-state index in [9.17, 15) is 13.2 Å². The molecule has 0 spiro atoms. The van der Waals surface area contributed by atoms with Crippen LogP contribution in [0.3, 0.4) is 0 Å². The van der Waals surface area contributed by atoms with Gasteiger partial charge >= 0.3 is 0 Å². The van der Waals surface area contributed by atoms with Gasteiger partial charge in [-0.05, 0) is 42.5 Å². The van der Waals surface area contributed by atoms with Crippen molar-refractivity contribution in [3.63, 3.8) is 0 Å². The Kier molecular flexibility index (Phi) is 6.11. The summed E-state index contributed by atoms with van der Waals surface area (Å²) in [7, 11) is -1.98. The molecule has 1 fully saturated rings. The van der Waals surface area contributed by atoms with Crippen molar-refractivity contribution < 1.29 is 17.9 Å². The molecule has 0 saturated carbocycles. The van der Waals surface area contributed by atoms with Crippen LogP contribution in [0.1, 0.15) is 33.6 Å². The molecule has 0 aliphatic carbocycles. The summed E-state index contributed by atoms with van der Waals surface area (Å²) >= 11 is 0. The lowest BCUT2D eigenvalue weighted by Crippen LogP contribution is -2.44. The van der Waals surface area contributed by atoms with Gasteiger partial charge in [-0.1, -0.05) is 20.8 Å². The first-order chi connectivity index (χ1) is 11.6. The Hall–Kier alpha value is -1.60. The number of nitrogens with one attached hydrogen (secondary N) is 1. The summed E-state index contributed by atoms with van der Waals surface area (Å²) < 4.78 is 31.9. The highest BCUT2D eigenvalue weighted by atomic mass is 32.2. The zero-order valence-electron chi connectivity index (χ0n) is 15.4. The molecule has 0 aromatic heterocycles. The molecule has 25 heavy (non-hydrogen) atoms. The second-order valence-electron chi connectivity index (χ2n) is 7.63. The van der Waals surface area contributed by atoms with Crippen molar-refractivity contribution in [1.82, 2.24) is 9.62 Å². The molecule has 1 amide bonds. The summed E-state index contributed by atoms with van der Waals surface area (Å²) in [5.74, 6) is 0.522. The number of rotatable bonds is 5. The van der Waals surface area contributed by atoms with Gasteiger partial charge < -0.3 is 10.1 Å². The highest BCUT2D eigenvalue weighted by Crippen LogP contribution is 2.25. The van der Waals surface area contributed by atoms with E-state index in [2.05, 4.69) is 26.1 Å². The topological polar surface area (TPSA) is 75.7 Å². The molecule has 1 aliphatic heterocycles. The molecule has 1 aliphatic rings. The number of carbonyl (C=O) groups excluding carboxylic acids is 1. The van der Waals surface area contributed by atoms with Crippen LogP contribution in [0.25, 0.3) is 0 Å². The van der Waals surface area contributed by atoms with Crippen LogP contribution in [0.2, 0.25) is 0 Å². The minimum atomic E-state index is -3.53. The Morgan fingerprint density at radius 3 is 2.24 bits per heavy atom. The summed E-state index contributed by atoms with van der Waals surface area (Å²) in [4.78, 5) is 12.5. The van der Waals surface area contributed by atoms with Crippen molar-refractivity contribution >= 4 is 15.9 Å². The van der Waals surface area contributed by atoms with Gasteiger partial charge in [-0.15, -0.1) is 0 Å². The summed E-state index contributed by atoms with van der Waals surface area (Å²) in [5, 5.41) is 2.97. The van der Waals surface area contributed by atoms with Crippen LogP contribution >= 0.6 is 0 Å². The minimum Gasteiger partial charge on any atom is -0.497 e. The number of hydrogen-bond acceptors (Lipinski definition) is 4. The maximum absolute atomic E-state index is 12.7. The third-order valence-electron chi connectivity index (χ3n) is 4.31. The molecule has 1 aromatic rings. The van der Waals surface area contributed by atoms with Crippen LogP contribution < -0.4 is 10.1 Å². The maximum atomic E-state index is 12.7. The fourth-order valence-electron chi connectivity index (χ4n) is 2.75. The molecule has 1 aromatic carbocycles. The number of methoxy groups -OCH3 is 1. The van der Waals surface area contributed by atoms with Gasteiger partial charge in [0.25, 0.3) is 0 Å². The van der Waals surface area contributed by atoms with Gasteiger partial charge in [0.2, 0.25) is 15.9 Å². The number of carbonyl (C=O) groups is 1. The van der Waals surface area contributed by atoms with E-state index >= 15 is 0 Å². The van der Waals surface area contributed by atoms with Gasteiger partial charge in [0, 0.05) is 25.6 Å². The van der Waals surface area contributed by atoms with E-state index in [1.807, 2.05) is 0 Å². The Morgan fingerprint density at radius 2 is 1.76 bits per heavy atom. The smallest absolute Gasteiger partial charge is 0.243 e. The van der Waals surface area contributed by atoms with Crippen molar-refractivity contribution in [3.05, 3.63) is 24.3 Å². The lowest BCUT2D eigenvalue weighted by atomic mass is 9.94. The van der Waals surface area contributed by atoms with Gasteiger partial charge in [-0.2, -0.15) is 4.31 Å². The number of amides is 1. The zero-order chi connectivity index (χ0) is 18.7. The lowest BCUT2D eigenvalue weighted by molar-refractivity contribution is -0.126. The fraction of sp³-hybridized carbons (Fsp3) is 0.611. The average molecular weight is 368 g/mol. The van der Waals surface area contributed by atoms with E-state index in [0.717, 1.165) is 0 Å². The normalized spacial score (nSPS) is 17.3. The molecule has 2 rings (SSSR count). The van der Waals surface area contributed by atoms with E-state index in [1.54, 1.807) is 31.4 Å². The third kappa shape index (κ3) is 5.19. The molecule has 1 heterocycles. The first kappa shape index (κ1) is 19.7. The Labute approximate surface area is 150 Å². The number of hydrogen-bond donors (Lipinski definition) is 1. The summed E-state index contributed by atoms with van der Waals surface area (Å²) in [6.07, 6.45) is 1.09. The summed E-state index contributed by atoms with van der Waals surface area (Å²) in [6.45, 7) is 7.55. The SMILES string of the molecule is COc1ccc(S(=O)(=O)N2CCC(C(=O)NCC(C)(C)C)CC2)cc1. The predicted molar refractivity (Wildman–Crippen MR) is 96.9 cm³/mol. The molecule has 1 saturated heterocycles. The minimum absolute atomic E-state index is 0.0245. The largest absolute Gasteiger partial charge is 0.497 e. The highest BCUT2D eigenvalue weighted by Gasteiger charge is 2.32. The Bertz CT molecular complexity index is 685. The number of nitrogens with zero attached hydrogens (tertiary/aromatic N) is 1. The molecular formula is C18H28N2O4S. The number of sulfonamides is 1. The molecule has 7 heteroatoms. The molecule has 140 valence electrons. The van der Waals surface area contributed by atoms with E-state index in [1.165, 1.54) is 4.31 Å². The van der Waals surface area contributed by atoms with Gasteiger partial charge in [-0.25, -0.2) is 8.42 Å². The summed E-state index contributed by atoms with van der Waals surface area (Å²) in [5.41, 5.74) is 0.0358. The first-order valence-electron chi connectivity index (χ1n) is 8.55. The molecule has 0 atom stereocenters. The van der Waals surface area contributed by atoms with E-state index < -0.39 is 10.0 Å². The van der Waals surface area contributed by atoms with Crippen LogP contribution in [0.4, 0.5) is 0 Å². The highest BCUT2D eigenvalue weighted by molar-refractivity contribution is 7.89. The number of piperidine rings is 1. The van der Waals surface area contributed by atoms with Crippen LogP contribution in [-0.2, 0) is 14.8 Å². The predicted octanol–water partition coefficient (Wildman–Crippen LogP) is 2.26. The van der Waals surface area contributed by atoms with E-state index in [-0.39, 0.29) is 22.1 Å². The zero-order valence-corrected chi connectivity index (χ0v) is 16.2. The summed E-state index contributed by atoms with van der Waals surface area (Å²) in [6, 6.07) is 6.38.